The van der Waals surface area contributed by atoms with Crippen LogP contribution in [0.15, 0.2) is 47.2 Å². The zero-order valence-corrected chi connectivity index (χ0v) is 14.6. The number of allylic oxidation sites excluding steroid dienone is 2. The smallest absolute Gasteiger partial charge is 0.144 e. The molecule has 5 nitrogen and oxygen atoms in total. The average molecular weight is 339 g/mol. The Kier molecular flexibility index (Phi) is 5.90. The Morgan fingerprint density at radius 3 is 2.80 bits per heavy atom. The number of nitrogens with zero attached hydrogens (tertiary/aromatic N) is 1. The highest BCUT2D eigenvalue weighted by Crippen LogP contribution is 2.29. The van der Waals surface area contributed by atoms with Gasteiger partial charge in [-0.15, -0.1) is 0 Å². The second kappa shape index (κ2) is 8.53. The van der Waals surface area contributed by atoms with E-state index in [4.69, 9.17) is 9.84 Å². The molecule has 132 valence electrons. The highest BCUT2D eigenvalue weighted by atomic mass is 16.5. The van der Waals surface area contributed by atoms with Crippen molar-refractivity contribution in [2.75, 3.05) is 13.7 Å². The number of aliphatic hydroxyl groups is 1. The standard InChI is InChI=1S/C20H25N3O2/c1-25-20-14-18(17-8-6-11-21-17)23-19(20)13-16-10-9-15(22-16)7-4-2-3-5-12-24/h6,8-11,13-14,21,23-24H,2-5,7,12H2,1H3. The Balaban J connectivity index is 1.66. The molecule has 0 fully saturated rings. The summed E-state index contributed by atoms with van der Waals surface area (Å²) < 4.78 is 5.48. The monoisotopic (exact) mass is 339 g/mol. The lowest BCUT2D eigenvalue weighted by Gasteiger charge is -1.99. The third kappa shape index (κ3) is 4.51. The Labute approximate surface area is 148 Å². The minimum atomic E-state index is 0.288. The third-order valence-corrected chi connectivity index (χ3v) is 4.27. The van der Waals surface area contributed by atoms with E-state index in [9.17, 15) is 0 Å². The van der Waals surface area contributed by atoms with Crippen LogP contribution in [0.3, 0.4) is 0 Å². The molecule has 0 saturated heterocycles. The molecule has 5 heteroatoms. The van der Waals surface area contributed by atoms with Crippen LogP contribution in [-0.4, -0.2) is 34.5 Å². The zero-order valence-electron chi connectivity index (χ0n) is 14.6. The molecule has 0 unspecified atom stereocenters. The number of H-pyrrole nitrogens is 2. The number of aromatic nitrogens is 2. The Bertz CT molecular complexity index is 767. The van der Waals surface area contributed by atoms with Gasteiger partial charge in [-0.3, -0.25) is 4.99 Å². The van der Waals surface area contributed by atoms with Crippen molar-refractivity contribution in [1.29, 1.82) is 0 Å². The molecule has 0 saturated carbocycles. The molecule has 3 rings (SSSR count). The molecular weight excluding hydrogens is 314 g/mol. The van der Waals surface area contributed by atoms with Crippen molar-refractivity contribution in [2.45, 2.75) is 32.1 Å². The summed E-state index contributed by atoms with van der Waals surface area (Å²) in [6.07, 6.45) is 13.2. The molecule has 0 aromatic carbocycles. The maximum atomic E-state index is 8.80. The molecule has 0 spiro atoms. The van der Waals surface area contributed by atoms with E-state index in [1.165, 1.54) is 0 Å². The molecular formula is C20H25N3O2. The van der Waals surface area contributed by atoms with Crippen molar-refractivity contribution < 1.29 is 9.84 Å². The van der Waals surface area contributed by atoms with Gasteiger partial charge in [-0.05, 0) is 49.6 Å². The van der Waals surface area contributed by atoms with Gasteiger partial charge in [0.05, 0.1) is 29.9 Å². The molecule has 0 atom stereocenters. The first-order valence-electron chi connectivity index (χ1n) is 8.79. The largest absolute Gasteiger partial charge is 0.494 e. The molecule has 0 aliphatic carbocycles. The van der Waals surface area contributed by atoms with Crippen LogP contribution in [0.4, 0.5) is 0 Å². The maximum Gasteiger partial charge on any atom is 0.144 e. The molecule has 0 amide bonds. The summed E-state index contributed by atoms with van der Waals surface area (Å²) in [6.45, 7) is 0.288. The van der Waals surface area contributed by atoms with Crippen molar-refractivity contribution in [2.24, 2.45) is 4.99 Å². The van der Waals surface area contributed by atoms with Crippen LogP contribution in [0, 0.1) is 0 Å². The van der Waals surface area contributed by atoms with E-state index < -0.39 is 0 Å². The minimum Gasteiger partial charge on any atom is -0.494 e. The Hall–Kier alpha value is -2.53. The second-order valence-corrected chi connectivity index (χ2v) is 6.14. The molecule has 1 aliphatic heterocycles. The van der Waals surface area contributed by atoms with Crippen LogP contribution >= 0.6 is 0 Å². The van der Waals surface area contributed by atoms with E-state index in [0.717, 1.165) is 66.3 Å². The normalized spacial score (nSPS) is 15.1. The van der Waals surface area contributed by atoms with Crippen LogP contribution in [0.1, 0.15) is 37.8 Å². The Morgan fingerprint density at radius 1 is 1.16 bits per heavy atom. The van der Waals surface area contributed by atoms with Crippen LogP contribution < -0.4 is 4.74 Å². The number of methoxy groups -OCH3 is 1. The topological polar surface area (TPSA) is 73.4 Å². The van der Waals surface area contributed by atoms with E-state index in [1.54, 1.807) is 7.11 Å². The Morgan fingerprint density at radius 2 is 2.04 bits per heavy atom. The number of aromatic amines is 2. The first-order valence-corrected chi connectivity index (χ1v) is 8.79. The minimum absolute atomic E-state index is 0.288. The van der Waals surface area contributed by atoms with Gasteiger partial charge in [-0.2, -0.15) is 0 Å². The lowest BCUT2D eigenvalue weighted by molar-refractivity contribution is 0.283. The number of ether oxygens (including phenoxy) is 1. The number of hydrogen-bond acceptors (Lipinski definition) is 3. The number of unbranched alkanes of at least 4 members (excludes halogenated alkanes) is 3. The van der Waals surface area contributed by atoms with Gasteiger partial charge in [0.2, 0.25) is 0 Å². The van der Waals surface area contributed by atoms with Gasteiger partial charge >= 0.3 is 0 Å². The predicted molar refractivity (Wildman–Crippen MR) is 102 cm³/mol. The fourth-order valence-electron chi connectivity index (χ4n) is 2.93. The number of nitrogens with one attached hydrogen (secondary N) is 2. The van der Waals surface area contributed by atoms with Crippen molar-refractivity contribution in [3.8, 4) is 17.1 Å². The molecule has 3 heterocycles. The predicted octanol–water partition coefficient (Wildman–Crippen LogP) is 4.31. The van der Waals surface area contributed by atoms with Gasteiger partial charge in [0.1, 0.15) is 5.75 Å². The molecule has 1 aliphatic rings. The lowest BCUT2D eigenvalue weighted by Crippen LogP contribution is -1.91. The fraction of sp³-hybridized carbons (Fsp3) is 0.350. The fourth-order valence-corrected chi connectivity index (χ4v) is 2.93. The summed E-state index contributed by atoms with van der Waals surface area (Å²) in [5.74, 6) is 0.804. The van der Waals surface area contributed by atoms with E-state index in [1.807, 2.05) is 36.5 Å². The van der Waals surface area contributed by atoms with Gasteiger partial charge in [0.15, 0.2) is 0 Å². The van der Waals surface area contributed by atoms with Gasteiger partial charge in [-0.25, -0.2) is 0 Å². The van der Waals surface area contributed by atoms with Gasteiger partial charge in [-0.1, -0.05) is 12.8 Å². The summed E-state index contributed by atoms with van der Waals surface area (Å²) in [4.78, 5) is 11.3. The van der Waals surface area contributed by atoms with Crippen molar-refractivity contribution in [1.82, 2.24) is 9.97 Å². The summed E-state index contributed by atoms with van der Waals surface area (Å²) in [7, 11) is 1.68. The van der Waals surface area contributed by atoms with Crippen molar-refractivity contribution in [3.05, 3.63) is 47.9 Å². The first-order chi connectivity index (χ1) is 12.3. The lowest BCUT2D eigenvalue weighted by atomic mass is 10.1. The SMILES string of the molecule is COc1cc(-c2ccc[nH]2)[nH]c1C=C1C=CC(CCCCCCO)=N1. The van der Waals surface area contributed by atoms with Gasteiger partial charge in [0, 0.05) is 24.6 Å². The van der Waals surface area contributed by atoms with E-state index in [-0.39, 0.29) is 6.61 Å². The highest BCUT2D eigenvalue weighted by Gasteiger charge is 2.11. The van der Waals surface area contributed by atoms with Crippen molar-refractivity contribution >= 4 is 11.8 Å². The maximum absolute atomic E-state index is 8.80. The van der Waals surface area contributed by atoms with E-state index in [2.05, 4.69) is 21.0 Å². The number of aliphatic imine (C=N–C) groups is 1. The van der Waals surface area contributed by atoms with Crippen LogP contribution in [0.2, 0.25) is 0 Å². The second-order valence-electron chi connectivity index (χ2n) is 6.14. The summed E-state index contributed by atoms with van der Waals surface area (Å²) >= 11 is 0. The third-order valence-electron chi connectivity index (χ3n) is 4.27. The van der Waals surface area contributed by atoms with Gasteiger partial charge in [0.25, 0.3) is 0 Å². The highest BCUT2D eigenvalue weighted by molar-refractivity contribution is 5.99. The molecule has 3 N–H and O–H groups in total. The number of aliphatic hydroxyl groups excluding tert-OH is 1. The van der Waals surface area contributed by atoms with Crippen LogP contribution in [0.5, 0.6) is 5.75 Å². The van der Waals surface area contributed by atoms with E-state index in [0.29, 0.717) is 0 Å². The van der Waals surface area contributed by atoms with Crippen LogP contribution in [-0.2, 0) is 0 Å². The number of hydrogen-bond donors (Lipinski definition) is 3. The van der Waals surface area contributed by atoms with Gasteiger partial charge < -0.3 is 19.8 Å². The molecule has 0 radical (unpaired) electrons. The van der Waals surface area contributed by atoms with E-state index >= 15 is 0 Å². The first kappa shape index (κ1) is 17.3. The summed E-state index contributed by atoms with van der Waals surface area (Å²) in [6, 6.07) is 5.98. The molecule has 0 bridgehead atoms. The molecule has 2 aromatic heterocycles. The van der Waals surface area contributed by atoms with Crippen molar-refractivity contribution in [3.63, 3.8) is 0 Å². The summed E-state index contributed by atoms with van der Waals surface area (Å²) in [5, 5.41) is 8.80. The molecule has 2 aromatic rings. The quantitative estimate of drug-likeness (QED) is 0.596. The zero-order chi connectivity index (χ0) is 17.5. The summed E-state index contributed by atoms with van der Waals surface area (Å²) in [5.41, 5.74) is 4.98. The molecule has 25 heavy (non-hydrogen) atoms. The van der Waals surface area contributed by atoms with Crippen LogP contribution in [0.25, 0.3) is 17.5 Å². The average Bonchev–Trinajstić information content (AvgIpc) is 3.35. The number of rotatable bonds is 9.